The molecule has 0 saturated carbocycles. The second-order valence-electron chi connectivity index (χ2n) is 4.85. The van der Waals surface area contributed by atoms with Gasteiger partial charge in [0.25, 0.3) is 0 Å². The Morgan fingerprint density at radius 2 is 1.36 bits per heavy atom. The van der Waals surface area contributed by atoms with Gasteiger partial charge in [0, 0.05) is 16.6 Å². The third-order valence-corrected chi connectivity index (χ3v) is 4.41. The van der Waals surface area contributed by atoms with E-state index in [0.29, 0.717) is 0 Å². The van der Waals surface area contributed by atoms with Crippen molar-refractivity contribution < 1.29 is 23.4 Å². The maximum Gasteiger partial charge on any atom is 0.389 e. The van der Waals surface area contributed by atoms with E-state index in [1.165, 1.54) is 36.0 Å². The minimum absolute atomic E-state index is 0.0557. The molecule has 2 aromatic carbocycles. The van der Waals surface area contributed by atoms with E-state index in [0.717, 1.165) is 10.5 Å². The van der Waals surface area contributed by atoms with E-state index in [1.54, 1.807) is 24.3 Å². The normalized spacial score (nSPS) is 13.0. The Kier molecular flexibility index (Phi) is 5.24. The molecule has 118 valence electrons. The van der Waals surface area contributed by atoms with Gasteiger partial charge >= 0.3 is 6.18 Å². The van der Waals surface area contributed by atoms with Crippen LogP contribution in [0.15, 0.2) is 53.4 Å². The summed E-state index contributed by atoms with van der Waals surface area (Å²) in [4.78, 5) is 0.776. The first kappa shape index (κ1) is 16.5. The molecule has 0 heterocycles. The molecule has 0 radical (unpaired) electrons. The molecule has 2 aromatic rings. The number of aromatic hydroxyl groups is 2. The lowest BCUT2D eigenvalue weighted by molar-refractivity contribution is -0.135. The predicted molar refractivity (Wildman–Crippen MR) is 80.1 cm³/mol. The predicted octanol–water partition coefficient (Wildman–Crippen LogP) is 5.27. The molecule has 2 rings (SSSR count). The Morgan fingerprint density at radius 1 is 0.864 bits per heavy atom. The zero-order valence-corrected chi connectivity index (χ0v) is 12.4. The molecule has 0 aliphatic rings. The molecule has 0 aliphatic carbocycles. The average molecular weight is 328 g/mol. The van der Waals surface area contributed by atoms with Gasteiger partial charge in [-0.25, -0.2) is 0 Å². The molecule has 2 nitrogen and oxygen atoms in total. The van der Waals surface area contributed by atoms with E-state index in [9.17, 15) is 23.4 Å². The molecule has 2 N–H and O–H groups in total. The van der Waals surface area contributed by atoms with Crippen LogP contribution in [0.5, 0.6) is 11.5 Å². The summed E-state index contributed by atoms with van der Waals surface area (Å²) in [7, 11) is 0. The summed E-state index contributed by atoms with van der Waals surface area (Å²) < 4.78 is 37.5. The van der Waals surface area contributed by atoms with Crippen LogP contribution in [0.3, 0.4) is 0 Å². The molecule has 0 aromatic heterocycles. The van der Waals surface area contributed by atoms with Crippen LogP contribution in [0.4, 0.5) is 13.2 Å². The van der Waals surface area contributed by atoms with Crippen molar-refractivity contribution in [1.82, 2.24) is 0 Å². The summed E-state index contributed by atoms with van der Waals surface area (Å²) in [5, 5.41) is 18.2. The molecule has 0 spiro atoms. The van der Waals surface area contributed by atoms with Crippen LogP contribution in [-0.2, 0) is 0 Å². The highest BCUT2D eigenvalue weighted by Crippen LogP contribution is 2.41. The Morgan fingerprint density at radius 3 is 1.86 bits per heavy atom. The fraction of sp³-hybridized carbons (Fsp3) is 0.250. The number of hydrogen-bond donors (Lipinski definition) is 2. The standard InChI is InChI=1S/C16H15F3O2S/c17-16(18,19)10-9-15(11-1-3-12(20)4-2-11)22-14-7-5-13(21)6-8-14/h1-8,15,20-21H,9-10H2. The Balaban J connectivity index is 2.16. The van der Waals surface area contributed by atoms with Crippen molar-refractivity contribution in [1.29, 1.82) is 0 Å². The van der Waals surface area contributed by atoms with E-state index >= 15 is 0 Å². The minimum Gasteiger partial charge on any atom is -0.508 e. The van der Waals surface area contributed by atoms with E-state index in [1.807, 2.05) is 0 Å². The van der Waals surface area contributed by atoms with Gasteiger partial charge in [0.05, 0.1) is 0 Å². The van der Waals surface area contributed by atoms with Crippen molar-refractivity contribution in [3.8, 4) is 11.5 Å². The van der Waals surface area contributed by atoms with Crippen molar-refractivity contribution in [2.24, 2.45) is 0 Å². The highest BCUT2D eigenvalue weighted by molar-refractivity contribution is 7.99. The fourth-order valence-corrected chi connectivity index (χ4v) is 3.12. The molecule has 22 heavy (non-hydrogen) atoms. The smallest absolute Gasteiger partial charge is 0.389 e. The lowest BCUT2D eigenvalue weighted by Gasteiger charge is -2.18. The van der Waals surface area contributed by atoms with Gasteiger partial charge in [-0.05, 0) is 48.4 Å². The fourth-order valence-electron chi connectivity index (χ4n) is 1.97. The zero-order valence-electron chi connectivity index (χ0n) is 11.5. The van der Waals surface area contributed by atoms with Crippen LogP contribution in [0, 0.1) is 0 Å². The third kappa shape index (κ3) is 5.18. The van der Waals surface area contributed by atoms with Gasteiger partial charge in [0.2, 0.25) is 0 Å². The molecule has 6 heteroatoms. The van der Waals surface area contributed by atoms with Gasteiger partial charge < -0.3 is 10.2 Å². The monoisotopic (exact) mass is 328 g/mol. The molecule has 1 unspecified atom stereocenters. The summed E-state index contributed by atoms with van der Waals surface area (Å²) in [5.41, 5.74) is 0.722. The van der Waals surface area contributed by atoms with Gasteiger partial charge in [0.1, 0.15) is 11.5 Å². The molecule has 0 amide bonds. The number of thioether (sulfide) groups is 1. The van der Waals surface area contributed by atoms with Gasteiger partial charge in [-0.1, -0.05) is 12.1 Å². The first-order chi connectivity index (χ1) is 10.3. The largest absolute Gasteiger partial charge is 0.508 e. The van der Waals surface area contributed by atoms with Gasteiger partial charge in [-0.15, -0.1) is 11.8 Å². The van der Waals surface area contributed by atoms with Crippen molar-refractivity contribution in [2.75, 3.05) is 0 Å². The molecule has 0 fully saturated rings. The van der Waals surface area contributed by atoms with E-state index in [-0.39, 0.29) is 23.2 Å². The van der Waals surface area contributed by atoms with Crippen molar-refractivity contribution in [3.05, 3.63) is 54.1 Å². The highest BCUT2D eigenvalue weighted by Gasteiger charge is 2.29. The lowest BCUT2D eigenvalue weighted by atomic mass is 10.1. The first-order valence-electron chi connectivity index (χ1n) is 6.65. The summed E-state index contributed by atoms with van der Waals surface area (Å²) in [5.74, 6) is 0.189. The molecule has 0 bridgehead atoms. The van der Waals surface area contributed by atoms with Crippen molar-refractivity contribution in [2.45, 2.75) is 29.2 Å². The summed E-state index contributed by atoms with van der Waals surface area (Å²) in [6.07, 6.45) is -5.13. The summed E-state index contributed by atoms with van der Waals surface area (Å²) in [6.45, 7) is 0. The lowest BCUT2D eigenvalue weighted by Crippen LogP contribution is -2.09. The molecular weight excluding hydrogens is 313 g/mol. The van der Waals surface area contributed by atoms with Crippen molar-refractivity contribution >= 4 is 11.8 Å². The van der Waals surface area contributed by atoms with Crippen LogP contribution in [0.25, 0.3) is 0 Å². The number of phenols is 2. The molecule has 0 saturated heterocycles. The quantitative estimate of drug-likeness (QED) is 0.734. The van der Waals surface area contributed by atoms with Crippen molar-refractivity contribution in [3.63, 3.8) is 0 Å². The molecule has 0 aliphatic heterocycles. The number of phenolic OH excluding ortho intramolecular Hbond substituents is 2. The third-order valence-electron chi connectivity index (χ3n) is 3.07. The van der Waals surface area contributed by atoms with E-state index in [2.05, 4.69) is 0 Å². The van der Waals surface area contributed by atoms with Gasteiger partial charge in [0.15, 0.2) is 0 Å². The van der Waals surface area contributed by atoms with E-state index in [4.69, 9.17) is 0 Å². The second-order valence-corrected chi connectivity index (χ2v) is 6.12. The van der Waals surface area contributed by atoms with Crippen LogP contribution < -0.4 is 0 Å². The van der Waals surface area contributed by atoms with Gasteiger partial charge in [-0.3, -0.25) is 0 Å². The van der Waals surface area contributed by atoms with Crippen LogP contribution in [-0.4, -0.2) is 16.4 Å². The topological polar surface area (TPSA) is 40.5 Å². The maximum absolute atomic E-state index is 12.5. The Hall–Kier alpha value is -1.82. The SMILES string of the molecule is Oc1ccc(SC(CCC(F)(F)F)c2ccc(O)cc2)cc1. The summed E-state index contributed by atoms with van der Waals surface area (Å²) >= 11 is 1.30. The zero-order chi connectivity index (χ0) is 16.2. The van der Waals surface area contributed by atoms with E-state index < -0.39 is 12.6 Å². The average Bonchev–Trinajstić information content (AvgIpc) is 2.45. The van der Waals surface area contributed by atoms with Crippen LogP contribution >= 0.6 is 11.8 Å². The number of hydrogen-bond acceptors (Lipinski definition) is 3. The Bertz CT molecular complexity index is 594. The molecular formula is C16H15F3O2S. The maximum atomic E-state index is 12.5. The number of halogens is 3. The summed E-state index contributed by atoms with van der Waals surface area (Å²) in [6, 6.07) is 12.5. The number of rotatable bonds is 5. The number of benzene rings is 2. The van der Waals surface area contributed by atoms with Crippen LogP contribution in [0.2, 0.25) is 0 Å². The first-order valence-corrected chi connectivity index (χ1v) is 7.53. The van der Waals surface area contributed by atoms with Gasteiger partial charge in [-0.2, -0.15) is 13.2 Å². The highest BCUT2D eigenvalue weighted by atomic mass is 32.2. The second kappa shape index (κ2) is 6.96. The minimum atomic E-state index is -4.20. The Labute approximate surface area is 130 Å². The van der Waals surface area contributed by atoms with Crippen LogP contribution in [0.1, 0.15) is 23.7 Å². The number of alkyl halides is 3. The molecule has 1 atom stereocenters.